The first-order valence-electron chi connectivity index (χ1n) is 6.79. The van der Waals surface area contributed by atoms with Crippen LogP contribution in [0.25, 0.3) is 0 Å². The molecule has 5 N–H and O–H groups in total. The van der Waals surface area contributed by atoms with Gasteiger partial charge in [-0.15, -0.1) is 0 Å². The van der Waals surface area contributed by atoms with E-state index in [0.717, 1.165) is 24.8 Å². The van der Waals surface area contributed by atoms with Crippen molar-refractivity contribution in [2.75, 3.05) is 29.2 Å². The molecule has 1 aromatic heterocycles. The monoisotopic (exact) mass is 277 g/mol. The lowest BCUT2D eigenvalue weighted by Crippen LogP contribution is -2.40. The number of hydrogen-bond acceptors (Lipinski definition) is 6. The standard InChI is InChI=1S/C13H19N5O2/c1-7-4-8(5-19)2-3-9(7)18-6-15-10-11(18)16-13(14)17-12(10)20/h8-9,15,19H,1-6H2,(H3,14,16,17,20)/t8-,9+/m1/s1. The third-order valence-electron chi connectivity index (χ3n) is 4.12. The van der Waals surface area contributed by atoms with Gasteiger partial charge in [0, 0.05) is 6.61 Å². The zero-order chi connectivity index (χ0) is 14.3. The van der Waals surface area contributed by atoms with Crippen molar-refractivity contribution in [2.45, 2.75) is 25.3 Å². The number of fused-ring (bicyclic) bond motifs is 1. The van der Waals surface area contributed by atoms with Crippen molar-refractivity contribution in [3.05, 3.63) is 22.5 Å². The highest BCUT2D eigenvalue weighted by atomic mass is 16.3. The molecule has 20 heavy (non-hydrogen) atoms. The van der Waals surface area contributed by atoms with Gasteiger partial charge in [0.25, 0.3) is 5.56 Å². The summed E-state index contributed by atoms with van der Waals surface area (Å²) < 4.78 is 0. The number of aromatic amines is 1. The average molecular weight is 277 g/mol. The van der Waals surface area contributed by atoms with Crippen molar-refractivity contribution in [1.82, 2.24) is 9.97 Å². The van der Waals surface area contributed by atoms with E-state index in [-0.39, 0.29) is 24.2 Å². The fourth-order valence-electron chi connectivity index (χ4n) is 3.08. The highest BCUT2D eigenvalue weighted by Gasteiger charge is 2.34. The molecule has 1 aliphatic heterocycles. The Labute approximate surface area is 116 Å². The van der Waals surface area contributed by atoms with Gasteiger partial charge in [0.2, 0.25) is 5.95 Å². The molecule has 1 aliphatic carbocycles. The van der Waals surface area contributed by atoms with E-state index in [2.05, 4.69) is 21.9 Å². The predicted molar refractivity (Wildman–Crippen MR) is 77.6 cm³/mol. The number of aliphatic hydroxyl groups is 1. The molecule has 1 fully saturated rings. The third-order valence-corrected chi connectivity index (χ3v) is 4.12. The highest BCUT2D eigenvalue weighted by molar-refractivity contribution is 5.71. The summed E-state index contributed by atoms with van der Waals surface area (Å²) in [4.78, 5) is 20.6. The second kappa shape index (κ2) is 4.82. The number of nitrogen functional groups attached to an aromatic ring is 1. The number of nitrogens with zero attached hydrogens (tertiary/aromatic N) is 2. The molecular formula is C13H19N5O2. The Morgan fingerprint density at radius 3 is 3.00 bits per heavy atom. The van der Waals surface area contributed by atoms with Crippen LogP contribution in [0.2, 0.25) is 0 Å². The molecule has 3 rings (SSSR count). The number of aliphatic hydroxyl groups excluding tert-OH is 1. The first-order chi connectivity index (χ1) is 9.60. The minimum Gasteiger partial charge on any atom is -0.396 e. The molecule has 0 radical (unpaired) electrons. The Hall–Kier alpha value is -2.02. The lowest BCUT2D eigenvalue weighted by Gasteiger charge is -2.36. The van der Waals surface area contributed by atoms with E-state index < -0.39 is 0 Å². The maximum atomic E-state index is 11.8. The fraction of sp³-hybridized carbons (Fsp3) is 0.538. The summed E-state index contributed by atoms with van der Waals surface area (Å²) in [6.45, 7) is 4.86. The molecule has 2 atom stereocenters. The van der Waals surface area contributed by atoms with Gasteiger partial charge in [-0.1, -0.05) is 12.2 Å². The molecule has 0 amide bonds. The van der Waals surface area contributed by atoms with Crippen LogP contribution in [0, 0.1) is 5.92 Å². The van der Waals surface area contributed by atoms with Crippen molar-refractivity contribution in [3.63, 3.8) is 0 Å². The minimum atomic E-state index is -0.246. The van der Waals surface area contributed by atoms with Crippen LogP contribution in [-0.4, -0.2) is 34.4 Å². The molecule has 7 heteroatoms. The van der Waals surface area contributed by atoms with Crippen LogP contribution in [0.5, 0.6) is 0 Å². The maximum Gasteiger partial charge on any atom is 0.277 e. The first-order valence-corrected chi connectivity index (χ1v) is 6.79. The third kappa shape index (κ3) is 2.03. The second-order valence-electron chi connectivity index (χ2n) is 5.46. The summed E-state index contributed by atoms with van der Waals surface area (Å²) in [5.74, 6) is 1.02. The van der Waals surface area contributed by atoms with Crippen LogP contribution in [-0.2, 0) is 0 Å². The van der Waals surface area contributed by atoms with E-state index >= 15 is 0 Å². The molecule has 1 aromatic rings. The zero-order valence-electron chi connectivity index (χ0n) is 11.2. The number of aromatic nitrogens is 2. The normalized spacial score (nSPS) is 25.4. The van der Waals surface area contributed by atoms with Crippen LogP contribution in [0.3, 0.4) is 0 Å². The molecular weight excluding hydrogens is 258 g/mol. The quantitative estimate of drug-likeness (QED) is 0.578. The van der Waals surface area contributed by atoms with Crippen molar-refractivity contribution in [3.8, 4) is 0 Å². The molecule has 0 spiro atoms. The van der Waals surface area contributed by atoms with Crippen LogP contribution in [0.1, 0.15) is 19.3 Å². The van der Waals surface area contributed by atoms with Crippen molar-refractivity contribution in [2.24, 2.45) is 5.92 Å². The summed E-state index contributed by atoms with van der Waals surface area (Å²) in [7, 11) is 0. The number of hydrogen-bond donors (Lipinski definition) is 4. The molecule has 2 heterocycles. The molecule has 7 nitrogen and oxygen atoms in total. The highest BCUT2D eigenvalue weighted by Crippen LogP contribution is 2.36. The van der Waals surface area contributed by atoms with Crippen LogP contribution < -0.4 is 21.5 Å². The van der Waals surface area contributed by atoms with E-state index in [1.54, 1.807) is 0 Å². The van der Waals surface area contributed by atoms with Gasteiger partial charge in [0.05, 0.1) is 12.7 Å². The molecule has 108 valence electrons. The fourth-order valence-corrected chi connectivity index (χ4v) is 3.08. The number of nitrogens with two attached hydrogens (primary N) is 1. The Bertz CT molecular complexity index is 597. The van der Waals surface area contributed by atoms with Gasteiger partial charge in [-0.2, -0.15) is 4.98 Å². The van der Waals surface area contributed by atoms with Crippen LogP contribution >= 0.6 is 0 Å². The lowest BCUT2D eigenvalue weighted by atomic mass is 9.82. The molecule has 1 saturated carbocycles. The lowest BCUT2D eigenvalue weighted by molar-refractivity contribution is 0.201. The van der Waals surface area contributed by atoms with E-state index in [1.165, 1.54) is 0 Å². The van der Waals surface area contributed by atoms with E-state index in [9.17, 15) is 9.90 Å². The summed E-state index contributed by atoms with van der Waals surface area (Å²) in [6, 6.07) is 0.139. The summed E-state index contributed by atoms with van der Waals surface area (Å²) in [5.41, 5.74) is 6.92. The van der Waals surface area contributed by atoms with Gasteiger partial charge in [0.1, 0.15) is 5.69 Å². The van der Waals surface area contributed by atoms with Gasteiger partial charge >= 0.3 is 0 Å². The number of H-pyrrole nitrogens is 1. The van der Waals surface area contributed by atoms with Crippen molar-refractivity contribution in [1.29, 1.82) is 0 Å². The Balaban J connectivity index is 1.88. The van der Waals surface area contributed by atoms with Gasteiger partial charge < -0.3 is 21.1 Å². The summed E-state index contributed by atoms with van der Waals surface area (Å²) in [6.07, 6.45) is 2.66. The van der Waals surface area contributed by atoms with Crippen LogP contribution in [0.4, 0.5) is 17.5 Å². The zero-order valence-corrected chi connectivity index (χ0v) is 11.2. The Morgan fingerprint density at radius 2 is 2.30 bits per heavy atom. The Morgan fingerprint density at radius 1 is 1.50 bits per heavy atom. The van der Waals surface area contributed by atoms with Gasteiger partial charge in [-0.05, 0) is 25.2 Å². The Kier molecular flexibility index (Phi) is 3.13. The largest absolute Gasteiger partial charge is 0.396 e. The van der Waals surface area contributed by atoms with E-state index in [0.29, 0.717) is 24.1 Å². The first kappa shape index (κ1) is 13.0. The van der Waals surface area contributed by atoms with Gasteiger partial charge in [0.15, 0.2) is 5.82 Å². The van der Waals surface area contributed by atoms with Gasteiger partial charge in [-0.25, -0.2) is 0 Å². The number of rotatable bonds is 2. The predicted octanol–water partition coefficient (Wildman–Crippen LogP) is 0.259. The molecule has 0 bridgehead atoms. The SMILES string of the molecule is C=C1C[C@H](CO)CC[C@@H]1N1CNc2c1nc(N)[nH]c2=O. The molecule has 0 unspecified atom stereocenters. The van der Waals surface area contributed by atoms with E-state index in [1.807, 2.05) is 4.90 Å². The molecule has 0 aromatic carbocycles. The smallest absolute Gasteiger partial charge is 0.277 e. The average Bonchev–Trinajstić information content (AvgIpc) is 2.82. The summed E-state index contributed by atoms with van der Waals surface area (Å²) in [5, 5.41) is 12.3. The van der Waals surface area contributed by atoms with E-state index in [4.69, 9.17) is 5.73 Å². The minimum absolute atomic E-state index is 0.122. The van der Waals surface area contributed by atoms with Gasteiger partial charge in [-0.3, -0.25) is 9.78 Å². The number of nitrogens with one attached hydrogen (secondary N) is 2. The van der Waals surface area contributed by atoms with Crippen molar-refractivity contribution < 1.29 is 5.11 Å². The number of anilines is 3. The molecule has 2 aliphatic rings. The molecule has 0 saturated heterocycles. The topological polar surface area (TPSA) is 107 Å². The summed E-state index contributed by atoms with van der Waals surface area (Å²) >= 11 is 0. The maximum absolute atomic E-state index is 11.8. The van der Waals surface area contributed by atoms with Crippen molar-refractivity contribution >= 4 is 17.5 Å². The van der Waals surface area contributed by atoms with Crippen LogP contribution in [0.15, 0.2) is 16.9 Å². The second-order valence-corrected chi connectivity index (χ2v) is 5.46.